The third-order valence-corrected chi connectivity index (χ3v) is 3.96. The molecule has 0 radical (unpaired) electrons. The van der Waals surface area contributed by atoms with E-state index in [-0.39, 0.29) is 26.4 Å². The molecule has 0 aliphatic carbocycles. The zero-order valence-electron chi connectivity index (χ0n) is 13.1. The second-order valence-electron chi connectivity index (χ2n) is 4.43. The van der Waals surface area contributed by atoms with Gasteiger partial charge in [0, 0.05) is 12.2 Å². The Morgan fingerprint density at radius 1 is 0.810 bits per heavy atom. The summed E-state index contributed by atoms with van der Waals surface area (Å²) in [5, 5.41) is 0. The molecule has 0 spiro atoms. The van der Waals surface area contributed by atoms with Gasteiger partial charge in [0.2, 0.25) is 0 Å². The second kappa shape index (κ2) is 11.2. The molecule has 0 saturated carbocycles. The van der Waals surface area contributed by atoms with Crippen molar-refractivity contribution in [2.24, 2.45) is 0 Å². The first-order valence-corrected chi connectivity index (χ1v) is 9.59. The summed E-state index contributed by atoms with van der Waals surface area (Å²) in [6, 6.07) is 0. The highest BCUT2D eigenvalue weighted by atomic mass is 28.4. The fraction of sp³-hybridized carbons (Fsp3) is 0.571. The molecule has 0 bridgehead atoms. The number of hydrogen-bond donors (Lipinski definition) is 0. The molecule has 0 N–H and O–H groups in total. The molecule has 0 aliphatic rings. The van der Waals surface area contributed by atoms with Crippen molar-refractivity contribution >= 4 is 20.5 Å². The van der Waals surface area contributed by atoms with Crippen molar-refractivity contribution in [1.82, 2.24) is 0 Å². The number of rotatable bonds is 10. The molecule has 6 nitrogen and oxygen atoms in total. The van der Waals surface area contributed by atoms with E-state index in [1.165, 1.54) is 12.2 Å². The van der Waals surface area contributed by atoms with Crippen LogP contribution in [0.1, 0.15) is 13.8 Å². The van der Waals surface area contributed by atoms with Gasteiger partial charge in [0.25, 0.3) is 0 Å². The first-order chi connectivity index (χ1) is 9.91. The van der Waals surface area contributed by atoms with E-state index in [1.807, 2.05) is 13.1 Å². The lowest BCUT2D eigenvalue weighted by Gasteiger charge is -2.22. The number of carbonyl (C=O) groups excluding carboxylic acids is 2. The summed E-state index contributed by atoms with van der Waals surface area (Å²) in [7, 11) is -2.30. The maximum atomic E-state index is 11.1. The van der Waals surface area contributed by atoms with Gasteiger partial charge in [-0.3, -0.25) is 0 Å². The minimum absolute atomic E-state index is 0.180. The van der Waals surface area contributed by atoms with Gasteiger partial charge in [0.05, 0.1) is 13.2 Å². The molecule has 0 saturated heterocycles. The fourth-order valence-corrected chi connectivity index (χ4v) is 2.50. The number of allylic oxidation sites excluding steroid dienone is 2. The van der Waals surface area contributed by atoms with Crippen LogP contribution >= 0.6 is 0 Å². The van der Waals surface area contributed by atoms with E-state index in [9.17, 15) is 9.59 Å². The first kappa shape index (κ1) is 19.6. The summed E-state index contributed by atoms with van der Waals surface area (Å²) in [5.41, 5.74) is 0. The average molecular weight is 316 g/mol. The van der Waals surface area contributed by atoms with Crippen LogP contribution in [0, 0.1) is 0 Å². The Bertz CT molecular complexity index is 342. The molecule has 0 aromatic heterocycles. The number of carbonyl (C=O) groups is 2. The van der Waals surface area contributed by atoms with Crippen molar-refractivity contribution in [3.8, 4) is 0 Å². The molecule has 0 fully saturated rings. The van der Waals surface area contributed by atoms with Gasteiger partial charge in [-0.1, -0.05) is 12.2 Å². The first-order valence-electron chi connectivity index (χ1n) is 6.78. The third kappa shape index (κ3) is 12.0. The SMILES string of the molecule is CC=CC(=O)OCCO[Si](C)(C)OCCOC(=O)C=CC. The molecule has 0 heterocycles. The Hall–Kier alpha value is -1.44. The minimum atomic E-state index is -2.30. The lowest BCUT2D eigenvalue weighted by molar-refractivity contribution is -0.139. The molecular weight excluding hydrogens is 292 g/mol. The molecule has 7 heteroatoms. The standard InChI is InChI=1S/C14H24O6Si/c1-5-7-13(15)17-9-11-19-21(3,4)20-12-10-18-14(16)8-6-2/h5-8H,9-12H2,1-4H3. The predicted molar refractivity (Wildman–Crippen MR) is 80.9 cm³/mol. The van der Waals surface area contributed by atoms with Crippen molar-refractivity contribution in [1.29, 1.82) is 0 Å². The summed E-state index contributed by atoms with van der Waals surface area (Å²) in [6.07, 6.45) is 5.91. The Morgan fingerprint density at radius 2 is 1.19 bits per heavy atom. The van der Waals surface area contributed by atoms with Crippen LogP contribution in [0.2, 0.25) is 13.1 Å². The average Bonchev–Trinajstić information content (AvgIpc) is 2.41. The van der Waals surface area contributed by atoms with Crippen LogP contribution in [0.5, 0.6) is 0 Å². The van der Waals surface area contributed by atoms with Crippen molar-refractivity contribution in [3.05, 3.63) is 24.3 Å². The van der Waals surface area contributed by atoms with Crippen LogP contribution in [-0.4, -0.2) is 46.9 Å². The van der Waals surface area contributed by atoms with E-state index in [0.29, 0.717) is 0 Å². The number of esters is 2. The maximum Gasteiger partial charge on any atom is 0.331 e. The van der Waals surface area contributed by atoms with Crippen LogP contribution in [0.3, 0.4) is 0 Å². The minimum Gasteiger partial charge on any atom is -0.460 e. The lowest BCUT2D eigenvalue weighted by atomic mass is 10.5. The van der Waals surface area contributed by atoms with E-state index >= 15 is 0 Å². The summed E-state index contributed by atoms with van der Waals surface area (Å²) in [6.45, 7) is 8.14. The topological polar surface area (TPSA) is 71.1 Å². The largest absolute Gasteiger partial charge is 0.460 e. The van der Waals surface area contributed by atoms with Gasteiger partial charge >= 0.3 is 20.5 Å². The van der Waals surface area contributed by atoms with Crippen LogP contribution in [-0.2, 0) is 27.9 Å². The van der Waals surface area contributed by atoms with Gasteiger partial charge in [-0.2, -0.15) is 0 Å². The molecule has 0 amide bonds. The van der Waals surface area contributed by atoms with Crippen molar-refractivity contribution in [2.45, 2.75) is 26.9 Å². The van der Waals surface area contributed by atoms with Gasteiger partial charge < -0.3 is 18.3 Å². The van der Waals surface area contributed by atoms with Crippen LogP contribution in [0.25, 0.3) is 0 Å². The third-order valence-electron chi connectivity index (χ3n) is 2.16. The van der Waals surface area contributed by atoms with Crippen molar-refractivity contribution in [3.63, 3.8) is 0 Å². The fourth-order valence-electron chi connectivity index (χ4n) is 1.27. The Balaban J connectivity index is 3.73. The molecule has 0 aliphatic heterocycles. The van der Waals surface area contributed by atoms with E-state index < -0.39 is 20.5 Å². The molecule has 0 aromatic rings. The lowest BCUT2D eigenvalue weighted by Crippen LogP contribution is -2.37. The monoisotopic (exact) mass is 316 g/mol. The van der Waals surface area contributed by atoms with Crippen LogP contribution in [0.4, 0.5) is 0 Å². The maximum absolute atomic E-state index is 11.1. The Kier molecular flexibility index (Phi) is 10.5. The predicted octanol–water partition coefficient (Wildman–Crippen LogP) is 1.96. The highest BCUT2D eigenvalue weighted by molar-refractivity contribution is 6.64. The van der Waals surface area contributed by atoms with Gasteiger partial charge in [0.1, 0.15) is 13.2 Å². The van der Waals surface area contributed by atoms with Crippen molar-refractivity contribution < 1.29 is 27.9 Å². The molecule has 0 atom stereocenters. The molecule has 21 heavy (non-hydrogen) atoms. The molecular formula is C14H24O6Si. The normalized spacial score (nSPS) is 12.0. The summed E-state index contributed by atoms with van der Waals surface area (Å²) in [4.78, 5) is 22.1. The zero-order valence-corrected chi connectivity index (χ0v) is 14.1. The van der Waals surface area contributed by atoms with Crippen LogP contribution in [0.15, 0.2) is 24.3 Å². The molecule has 0 aromatic carbocycles. The van der Waals surface area contributed by atoms with E-state index in [1.54, 1.807) is 26.0 Å². The highest BCUT2D eigenvalue weighted by Gasteiger charge is 2.24. The number of hydrogen-bond acceptors (Lipinski definition) is 6. The van der Waals surface area contributed by atoms with Gasteiger partial charge in [0.15, 0.2) is 0 Å². The van der Waals surface area contributed by atoms with E-state index in [4.69, 9.17) is 18.3 Å². The smallest absolute Gasteiger partial charge is 0.331 e. The van der Waals surface area contributed by atoms with E-state index in [0.717, 1.165) is 0 Å². The van der Waals surface area contributed by atoms with Crippen LogP contribution < -0.4 is 0 Å². The molecule has 120 valence electrons. The second-order valence-corrected chi connectivity index (χ2v) is 7.81. The van der Waals surface area contributed by atoms with E-state index in [2.05, 4.69) is 0 Å². The van der Waals surface area contributed by atoms with Crippen molar-refractivity contribution in [2.75, 3.05) is 26.4 Å². The Morgan fingerprint density at radius 3 is 1.52 bits per heavy atom. The highest BCUT2D eigenvalue weighted by Crippen LogP contribution is 2.06. The van der Waals surface area contributed by atoms with Gasteiger partial charge in [-0.25, -0.2) is 9.59 Å². The zero-order chi connectivity index (χ0) is 16.1. The number of ether oxygens (including phenoxy) is 2. The summed E-state index contributed by atoms with van der Waals surface area (Å²) >= 11 is 0. The van der Waals surface area contributed by atoms with Gasteiger partial charge in [-0.15, -0.1) is 0 Å². The molecule has 0 rings (SSSR count). The Labute approximate surface area is 127 Å². The van der Waals surface area contributed by atoms with Gasteiger partial charge in [-0.05, 0) is 26.9 Å². The summed E-state index contributed by atoms with van der Waals surface area (Å²) in [5.74, 6) is -0.783. The summed E-state index contributed by atoms with van der Waals surface area (Å²) < 4.78 is 20.9. The molecule has 0 unspecified atom stereocenters. The quantitative estimate of drug-likeness (QED) is 0.265.